The van der Waals surface area contributed by atoms with Crippen LogP contribution in [0.1, 0.15) is 33.7 Å². The first-order chi connectivity index (χ1) is 16.3. The summed E-state index contributed by atoms with van der Waals surface area (Å²) in [5, 5.41) is 7.21. The van der Waals surface area contributed by atoms with Gasteiger partial charge in [0.15, 0.2) is 6.61 Å². The van der Waals surface area contributed by atoms with Gasteiger partial charge in [0, 0.05) is 23.9 Å². The number of amides is 1. The van der Waals surface area contributed by atoms with Crippen molar-refractivity contribution in [1.29, 1.82) is 0 Å². The van der Waals surface area contributed by atoms with Crippen LogP contribution in [0.5, 0.6) is 5.75 Å². The molecule has 0 fully saturated rings. The number of carbonyl (C=O) groups is 3. The summed E-state index contributed by atoms with van der Waals surface area (Å²) in [5.41, 5.74) is 4.33. The predicted molar refractivity (Wildman–Crippen MR) is 125 cm³/mol. The van der Waals surface area contributed by atoms with E-state index in [2.05, 4.69) is 10.4 Å². The van der Waals surface area contributed by atoms with Crippen LogP contribution in [0.15, 0.2) is 48.5 Å². The number of rotatable bonds is 9. The van der Waals surface area contributed by atoms with Crippen LogP contribution < -0.4 is 10.1 Å². The van der Waals surface area contributed by atoms with E-state index in [1.54, 1.807) is 53.2 Å². The number of benzene rings is 2. The van der Waals surface area contributed by atoms with E-state index in [1.807, 2.05) is 13.8 Å². The average molecular weight is 466 g/mol. The molecule has 2 aromatic carbocycles. The third kappa shape index (κ3) is 6.00. The summed E-state index contributed by atoms with van der Waals surface area (Å²) >= 11 is 0. The molecule has 3 rings (SSSR count). The number of hydrogen-bond acceptors (Lipinski definition) is 7. The molecule has 1 N–H and O–H groups in total. The van der Waals surface area contributed by atoms with E-state index in [-0.39, 0.29) is 12.4 Å². The second-order valence-corrected chi connectivity index (χ2v) is 7.54. The SMILES string of the molecule is COC(=O)CCc1c(C)nn(-c2ccc(C(=O)OCC(=O)Nc3cccc(OC)c3)cc2)c1C. The van der Waals surface area contributed by atoms with E-state index in [4.69, 9.17) is 14.2 Å². The second-order valence-electron chi connectivity index (χ2n) is 7.54. The van der Waals surface area contributed by atoms with Gasteiger partial charge in [-0.25, -0.2) is 9.48 Å². The molecule has 1 heterocycles. The fourth-order valence-corrected chi connectivity index (χ4v) is 3.47. The van der Waals surface area contributed by atoms with E-state index in [0.29, 0.717) is 23.4 Å². The first-order valence-corrected chi connectivity index (χ1v) is 10.7. The number of nitrogens with zero attached hydrogens (tertiary/aromatic N) is 2. The van der Waals surface area contributed by atoms with E-state index in [1.165, 1.54) is 14.2 Å². The molecule has 34 heavy (non-hydrogen) atoms. The summed E-state index contributed by atoms with van der Waals surface area (Å²) in [6, 6.07) is 13.6. The summed E-state index contributed by atoms with van der Waals surface area (Å²) in [4.78, 5) is 35.9. The number of anilines is 1. The number of carbonyl (C=O) groups excluding carboxylic acids is 3. The number of ether oxygens (including phenoxy) is 3. The average Bonchev–Trinajstić information content (AvgIpc) is 3.14. The number of aryl methyl sites for hydroxylation is 1. The molecule has 0 bridgehead atoms. The lowest BCUT2D eigenvalue weighted by atomic mass is 10.1. The van der Waals surface area contributed by atoms with Crippen LogP contribution in [0.25, 0.3) is 5.69 Å². The fourth-order valence-electron chi connectivity index (χ4n) is 3.47. The molecule has 1 amide bonds. The Morgan fingerprint density at radius 3 is 2.44 bits per heavy atom. The van der Waals surface area contributed by atoms with Gasteiger partial charge in [-0.3, -0.25) is 9.59 Å². The van der Waals surface area contributed by atoms with E-state index < -0.39 is 18.5 Å². The summed E-state index contributed by atoms with van der Waals surface area (Å²) in [5.74, 6) is -0.737. The molecule has 0 spiro atoms. The van der Waals surface area contributed by atoms with Crippen molar-refractivity contribution in [1.82, 2.24) is 9.78 Å². The molecule has 0 aliphatic rings. The van der Waals surface area contributed by atoms with Crippen molar-refractivity contribution >= 4 is 23.5 Å². The molecule has 0 aliphatic heterocycles. The highest BCUT2D eigenvalue weighted by Gasteiger charge is 2.16. The Kier molecular flexibility index (Phi) is 8.02. The number of aromatic nitrogens is 2. The van der Waals surface area contributed by atoms with E-state index in [9.17, 15) is 14.4 Å². The molecular weight excluding hydrogens is 438 g/mol. The molecule has 178 valence electrons. The minimum atomic E-state index is -0.612. The fraction of sp³-hybridized carbons (Fsp3) is 0.280. The van der Waals surface area contributed by atoms with Crippen LogP contribution >= 0.6 is 0 Å². The van der Waals surface area contributed by atoms with Gasteiger partial charge in [-0.15, -0.1) is 0 Å². The number of hydrogen-bond donors (Lipinski definition) is 1. The highest BCUT2D eigenvalue weighted by Crippen LogP contribution is 2.20. The van der Waals surface area contributed by atoms with Gasteiger partial charge in [-0.2, -0.15) is 5.10 Å². The molecule has 0 saturated heterocycles. The van der Waals surface area contributed by atoms with Gasteiger partial charge in [0.25, 0.3) is 5.91 Å². The maximum absolute atomic E-state index is 12.4. The lowest BCUT2D eigenvalue weighted by Gasteiger charge is -2.09. The molecule has 1 aromatic heterocycles. The maximum Gasteiger partial charge on any atom is 0.338 e. The third-order valence-electron chi connectivity index (χ3n) is 5.28. The predicted octanol–water partition coefficient (Wildman–Crippen LogP) is 3.40. The molecule has 3 aromatic rings. The number of methoxy groups -OCH3 is 2. The Hall–Kier alpha value is -4.14. The quantitative estimate of drug-likeness (QED) is 0.483. The Morgan fingerprint density at radius 2 is 1.76 bits per heavy atom. The lowest BCUT2D eigenvalue weighted by molar-refractivity contribution is -0.140. The van der Waals surface area contributed by atoms with Crippen molar-refractivity contribution in [3.8, 4) is 11.4 Å². The first kappa shape index (κ1) is 24.5. The summed E-state index contributed by atoms with van der Waals surface area (Å²) in [7, 11) is 2.90. The van der Waals surface area contributed by atoms with E-state index in [0.717, 1.165) is 22.6 Å². The third-order valence-corrected chi connectivity index (χ3v) is 5.28. The van der Waals surface area contributed by atoms with Crippen LogP contribution in [0.3, 0.4) is 0 Å². The molecular formula is C25H27N3O6. The van der Waals surface area contributed by atoms with Crippen molar-refractivity contribution in [3.63, 3.8) is 0 Å². The Bertz CT molecular complexity index is 1180. The highest BCUT2D eigenvalue weighted by molar-refractivity contribution is 5.95. The van der Waals surface area contributed by atoms with Gasteiger partial charge in [0.1, 0.15) is 5.75 Å². The van der Waals surface area contributed by atoms with Gasteiger partial charge in [-0.1, -0.05) is 6.07 Å². The summed E-state index contributed by atoms with van der Waals surface area (Å²) in [6.07, 6.45) is 0.812. The second kappa shape index (κ2) is 11.1. The van der Waals surface area contributed by atoms with Crippen LogP contribution in [0.2, 0.25) is 0 Å². The standard InChI is InChI=1S/C25H27N3O6/c1-16-22(12-13-24(30)33-4)17(2)28(27-16)20-10-8-18(9-11-20)25(31)34-15-23(29)26-19-6-5-7-21(14-19)32-3/h5-11,14H,12-13,15H2,1-4H3,(H,26,29). The molecule has 0 aliphatic carbocycles. The summed E-state index contributed by atoms with van der Waals surface area (Å²) in [6.45, 7) is 3.40. The highest BCUT2D eigenvalue weighted by atomic mass is 16.5. The normalized spacial score (nSPS) is 10.5. The first-order valence-electron chi connectivity index (χ1n) is 10.7. The van der Waals surface area contributed by atoms with Crippen LogP contribution in [-0.4, -0.2) is 48.5 Å². The van der Waals surface area contributed by atoms with Crippen LogP contribution in [0, 0.1) is 13.8 Å². The monoisotopic (exact) mass is 465 g/mol. The van der Waals surface area contributed by atoms with Gasteiger partial charge in [0.05, 0.1) is 31.2 Å². The zero-order chi connectivity index (χ0) is 24.7. The largest absolute Gasteiger partial charge is 0.497 e. The van der Waals surface area contributed by atoms with E-state index >= 15 is 0 Å². The van der Waals surface area contributed by atoms with Crippen LogP contribution in [-0.2, 0) is 25.5 Å². The molecule has 0 radical (unpaired) electrons. The molecule has 0 unspecified atom stereocenters. The lowest BCUT2D eigenvalue weighted by Crippen LogP contribution is -2.21. The van der Waals surface area contributed by atoms with Crippen molar-refractivity contribution in [2.75, 3.05) is 26.1 Å². The molecule has 9 nitrogen and oxygen atoms in total. The van der Waals surface area contributed by atoms with Crippen molar-refractivity contribution < 1.29 is 28.6 Å². The zero-order valence-electron chi connectivity index (χ0n) is 19.6. The number of nitrogens with one attached hydrogen (secondary N) is 1. The van der Waals surface area contributed by atoms with Crippen LogP contribution in [0.4, 0.5) is 5.69 Å². The van der Waals surface area contributed by atoms with Gasteiger partial charge >= 0.3 is 11.9 Å². The molecule has 0 atom stereocenters. The summed E-state index contributed by atoms with van der Waals surface area (Å²) < 4.78 is 16.7. The smallest absolute Gasteiger partial charge is 0.338 e. The topological polar surface area (TPSA) is 109 Å². The van der Waals surface area contributed by atoms with Gasteiger partial charge < -0.3 is 19.5 Å². The van der Waals surface area contributed by atoms with Gasteiger partial charge in [-0.05, 0) is 62.2 Å². The maximum atomic E-state index is 12.4. The molecule has 0 saturated carbocycles. The van der Waals surface area contributed by atoms with Gasteiger partial charge in [0.2, 0.25) is 0 Å². The Labute approximate surface area is 197 Å². The van der Waals surface area contributed by atoms with Crippen molar-refractivity contribution in [2.45, 2.75) is 26.7 Å². The minimum Gasteiger partial charge on any atom is -0.497 e. The Morgan fingerprint density at radius 1 is 1.03 bits per heavy atom. The Balaban J connectivity index is 1.60. The van der Waals surface area contributed by atoms with Crippen molar-refractivity contribution in [3.05, 3.63) is 71.0 Å². The zero-order valence-corrected chi connectivity index (χ0v) is 19.6. The number of esters is 2. The minimum absolute atomic E-state index is 0.272. The molecule has 9 heteroatoms. The van der Waals surface area contributed by atoms with Crippen molar-refractivity contribution in [2.24, 2.45) is 0 Å².